The molecule has 0 saturated carbocycles. The van der Waals surface area contributed by atoms with Crippen molar-refractivity contribution < 1.29 is 9.53 Å². The minimum Gasteiger partial charge on any atom is -0.495 e. The molecule has 1 amide bonds. The summed E-state index contributed by atoms with van der Waals surface area (Å²) in [5.41, 5.74) is 1.76. The van der Waals surface area contributed by atoms with Crippen LogP contribution in [-0.4, -0.2) is 91.6 Å². The minimum atomic E-state index is 0.0780. The molecule has 30 heavy (non-hydrogen) atoms. The van der Waals surface area contributed by atoms with E-state index in [4.69, 9.17) is 4.74 Å². The van der Waals surface area contributed by atoms with E-state index in [1.54, 1.807) is 18.4 Å². The summed E-state index contributed by atoms with van der Waals surface area (Å²) in [5, 5.41) is 2.95. The van der Waals surface area contributed by atoms with Crippen LogP contribution in [0.1, 0.15) is 22.4 Å². The number of thiazole rings is 1. The maximum Gasteiger partial charge on any atom is 0.273 e. The lowest BCUT2D eigenvalue weighted by atomic mass is 10.2. The van der Waals surface area contributed by atoms with Gasteiger partial charge in [-0.1, -0.05) is 19.1 Å². The number of carbonyl (C=O) groups is 1. The van der Waals surface area contributed by atoms with Gasteiger partial charge in [0.2, 0.25) is 0 Å². The predicted molar refractivity (Wildman–Crippen MR) is 121 cm³/mol. The second kappa shape index (κ2) is 9.76. The van der Waals surface area contributed by atoms with Gasteiger partial charge in [0.25, 0.3) is 5.91 Å². The first-order valence-corrected chi connectivity index (χ1v) is 11.6. The number of rotatable bonds is 6. The molecule has 2 aliphatic rings. The molecule has 2 saturated heterocycles. The van der Waals surface area contributed by atoms with Crippen molar-refractivity contribution >= 4 is 22.9 Å². The minimum absolute atomic E-state index is 0.0780. The quantitative estimate of drug-likeness (QED) is 0.702. The molecule has 0 radical (unpaired) electrons. The Hall–Kier alpha value is -2.16. The normalized spacial score (nSPS) is 18.6. The second-order valence-electron chi connectivity index (χ2n) is 7.79. The van der Waals surface area contributed by atoms with Gasteiger partial charge in [-0.25, -0.2) is 4.98 Å². The molecule has 7 nitrogen and oxygen atoms in total. The van der Waals surface area contributed by atoms with Crippen molar-refractivity contribution in [1.29, 1.82) is 0 Å². The lowest BCUT2D eigenvalue weighted by Crippen LogP contribution is -2.48. The topological polar surface area (TPSA) is 52.2 Å². The van der Waals surface area contributed by atoms with Crippen molar-refractivity contribution in [2.24, 2.45) is 0 Å². The van der Waals surface area contributed by atoms with Crippen molar-refractivity contribution in [3.05, 3.63) is 40.3 Å². The molecule has 3 heterocycles. The van der Waals surface area contributed by atoms with Crippen molar-refractivity contribution in [1.82, 2.24) is 19.7 Å². The maximum absolute atomic E-state index is 12.8. The smallest absolute Gasteiger partial charge is 0.273 e. The Bertz CT molecular complexity index is 842. The van der Waals surface area contributed by atoms with Gasteiger partial charge < -0.3 is 19.4 Å². The van der Waals surface area contributed by atoms with E-state index in [0.717, 1.165) is 81.9 Å². The summed E-state index contributed by atoms with van der Waals surface area (Å²) < 4.78 is 5.51. The molecule has 0 spiro atoms. The fourth-order valence-electron chi connectivity index (χ4n) is 4.14. The number of para-hydroxylation sites is 2. The highest BCUT2D eigenvalue weighted by Gasteiger charge is 2.24. The summed E-state index contributed by atoms with van der Waals surface area (Å²) in [7, 11) is 1.72. The summed E-state index contributed by atoms with van der Waals surface area (Å²) >= 11 is 1.60. The third-order valence-electron chi connectivity index (χ3n) is 6.03. The number of nitrogens with zero attached hydrogens (tertiary/aromatic N) is 5. The lowest BCUT2D eigenvalue weighted by Gasteiger charge is -2.36. The molecule has 2 aromatic rings. The van der Waals surface area contributed by atoms with Crippen LogP contribution in [0.3, 0.4) is 0 Å². The summed E-state index contributed by atoms with van der Waals surface area (Å²) in [6.45, 7) is 11.4. The van der Waals surface area contributed by atoms with Crippen LogP contribution in [-0.2, 0) is 6.54 Å². The number of amides is 1. The highest BCUT2D eigenvalue weighted by Crippen LogP contribution is 2.28. The number of methoxy groups -OCH3 is 1. The number of carbonyl (C=O) groups excluding carboxylic acids is 1. The zero-order chi connectivity index (χ0) is 20.9. The van der Waals surface area contributed by atoms with E-state index in [9.17, 15) is 4.79 Å². The molecule has 8 heteroatoms. The number of hydrogen-bond donors (Lipinski definition) is 0. The average Bonchev–Trinajstić information content (AvgIpc) is 3.27. The van der Waals surface area contributed by atoms with E-state index in [1.807, 2.05) is 22.4 Å². The third kappa shape index (κ3) is 4.77. The van der Waals surface area contributed by atoms with Crippen molar-refractivity contribution in [2.75, 3.05) is 70.9 Å². The van der Waals surface area contributed by atoms with Gasteiger partial charge in [-0.15, -0.1) is 11.3 Å². The molecule has 0 atom stereocenters. The molecule has 162 valence electrons. The largest absolute Gasteiger partial charge is 0.495 e. The Balaban J connectivity index is 1.29. The number of benzene rings is 1. The van der Waals surface area contributed by atoms with Gasteiger partial charge in [0.05, 0.1) is 19.3 Å². The van der Waals surface area contributed by atoms with Crippen LogP contribution in [0.2, 0.25) is 0 Å². The molecular weight excluding hydrogens is 398 g/mol. The molecule has 1 aromatic carbocycles. The first kappa shape index (κ1) is 21.1. The van der Waals surface area contributed by atoms with E-state index in [0.29, 0.717) is 5.69 Å². The first-order valence-electron chi connectivity index (χ1n) is 10.7. The van der Waals surface area contributed by atoms with Crippen molar-refractivity contribution in [3.63, 3.8) is 0 Å². The monoisotopic (exact) mass is 429 g/mol. The highest BCUT2D eigenvalue weighted by atomic mass is 32.1. The SMILES string of the molecule is CCN1CCN(C(=O)c2csc(CN3CCN(c4ccccc4OC)CC3)n2)CC1. The molecule has 0 aliphatic carbocycles. The van der Waals surface area contributed by atoms with Gasteiger partial charge >= 0.3 is 0 Å². The van der Waals surface area contributed by atoms with Gasteiger partial charge in [0, 0.05) is 57.7 Å². The number of hydrogen-bond acceptors (Lipinski definition) is 7. The number of anilines is 1. The fraction of sp³-hybridized carbons (Fsp3) is 0.545. The zero-order valence-corrected chi connectivity index (χ0v) is 18.7. The molecule has 0 unspecified atom stereocenters. The van der Waals surface area contributed by atoms with Gasteiger partial charge in [-0.2, -0.15) is 0 Å². The van der Waals surface area contributed by atoms with Crippen LogP contribution in [0.5, 0.6) is 5.75 Å². The van der Waals surface area contributed by atoms with Crippen LogP contribution >= 0.6 is 11.3 Å². The molecule has 2 fully saturated rings. The highest BCUT2D eigenvalue weighted by molar-refractivity contribution is 7.09. The van der Waals surface area contributed by atoms with Gasteiger partial charge in [-0.3, -0.25) is 9.69 Å². The van der Waals surface area contributed by atoms with E-state index in [2.05, 4.69) is 38.7 Å². The summed E-state index contributed by atoms with van der Waals surface area (Å²) in [5.74, 6) is 1.00. The van der Waals surface area contributed by atoms with Gasteiger partial charge in [0.15, 0.2) is 0 Å². The van der Waals surface area contributed by atoms with E-state index >= 15 is 0 Å². The van der Waals surface area contributed by atoms with Crippen molar-refractivity contribution in [2.45, 2.75) is 13.5 Å². The number of likely N-dealkylation sites (N-methyl/N-ethyl adjacent to an activating group) is 1. The summed E-state index contributed by atoms with van der Waals surface area (Å²) in [6, 6.07) is 8.19. The van der Waals surface area contributed by atoms with Gasteiger partial charge in [0.1, 0.15) is 16.5 Å². The Morgan fingerprint density at radius 3 is 2.43 bits per heavy atom. The second-order valence-corrected chi connectivity index (χ2v) is 8.73. The molecule has 1 aromatic heterocycles. The van der Waals surface area contributed by atoms with E-state index in [-0.39, 0.29) is 5.91 Å². The maximum atomic E-state index is 12.8. The molecule has 0 bridgehead atoms. The number of piperazine rings is 2. The van der Waals surface area contributed by atoms with Crippen LogP contribution in [0.25, 0.3) is 0 Å². The Labute approximate surface area is 182 Å². The third-order valence-corrected chi connectivity index (χ3v) is 6.87. The standard InChI is InChI=1S/C22H31N5O2S/c1-3-24-8-14-27(15-9-24)22(28)18-17-30-21(23-18)16-25-10-12-26(13-11-25)19-6-4-5-7-20(19)29-2/h4-7,17H,3,8-16H2,1-2H3. The van der Waals surface area contributed by atoms with E-state index in [1.165, 1.54) is 0 Å². The van der Waals surface area contributed by atoms with Gasteiger partial charge in [-0.05, 0) is 18.7 Å². The Morgan fingerprint density at radius 2 is 1.73 bits per heavy atom. The Morgan fingerprint density at radius 1 is 1.03 bits per heavy atom. The molecule has 2 aliphatic heterocycles. The van der Waals surface area contributed by atoms with Crippen LogP contribution in [0.4, 0.5) is 5.69 Å². The zero-order valence-electron chi connectivity index (χ0n) is 17.9. The van der Waals surface area contributed by atoms with Crippen molar-refractivity contribution in [3.8, 4) is 5.75 Å². The van der Waals surface area contributed by atoms with Crippen LogP contribution in [0.15, 0.2) is 29.6 Å². The van der Waals surface area contributed by atoms with E-state index < -0.39 is 0 Å². The first-order chi connectivity index (χ1) is 14.7. The van der Waals surface area contributed by atoms with Crippen LogP contribution in [0, 0.1) is 0 Å². The fourth-order valence-corrected chi connectivity index (χ4v) is 4.95. The average molecular weight is 430 g/mol. The lowest BCUT2D eigenvalue weighted by molar-refractivity contribution is 0.0638. The summed E-state index contributed by atoms with van der Waals surface area (Å²) in [4.78, 5) is 26.6. The van der Waals surface area contributed by atoms with Crippen LogP contribution < -0.4 is 9.64 Å². The molecule has 0 N–H and O–H groups in total. The number of aromatic nitrogens is 1. The summed E-state index contributed by atoms with van der Waals surface area (Å²) in [6.07, 6.45) is 0. The predicted octanol–water partition coefficient (Wildman–Crippen LogP) is 2.25. The number of ether oxygens (including phenoxy) is 1. The molecular formula is C22H31N5O2S. The molecule has 4 rings (SSSR count). The Kier molecular flexibility index (Phi) is 6.86.